The van der Waals surface area contributed by atoms with Gasteiger partial charge in [0.2, 0.25) is 5.91 Å². The van der Waals surface area contributed by atoms with Crippen LogP contribution in [0.4, 0.5) is 13.2 Å². The molecule has 5 nitrogen and oxygen atoms in total. The molecule has 1 aromatic rings. The average molecular weight is 384 g/mol. The lowest BCUT2D eigenvalue weighted by atomic mass is 9.95. The minimum Gasteiger partial charge on any atom is -0.481 e. The van der Waals surface area contributed by atoms with E-state index < -0.39 is 30.5 Å². The van der Waals surface area contributed by atoms with Gasteiger partial charge in [-0.1, -0.05) is 30.3 Å². The van der Waals surface area contributed by atoms with Crippen LogP contribution in [0.15, 0.2) is 30.3 Å². The van der Waals surface area contributed by atoms with E-state index in [1.165, 1.54) is 5.56 Å². The molecular formula is C19H23F3N2O3. The Kier molecular flexibility index (Phi) is 5.74. The van der Waals surface area contributed by atoms with Gasteiger partial charge in [0.05, 0.1) is 11.8 Å². The number of likely N-dealkylation sites (tertiary alicyclic amines) is 2. The summed E-state index contributed by atoms with van der Waals surface area (Å²) in [6.45, 7) is 1.27. The highest BCUT2D eigenvalue weighted by molar-refractivity contribution is 5.81. The number of rotatable bonds is 4. The fourth-order valence-electron chi connectivity index (χ4n) is 4.00. The highest BCUT2D eigenvalue weighted by Crippen LogP contribution is 2.38. The van der Waals surface area contributed by atoms with Crippen LogP contribution in [0.5, 0.6) is 0 Å². The first-order valence-corrected chi connectivity index (χ1v) is 9.10. The molecule has 2 atom stereocenters. The third kappa shape index (κ3) is 4.61. The van der Waals surface area contributed by atoms with E-state index in [-0.39, 0.29) is 18.4 Å². The summed E-state index contributed by atoms with van der Waals surface area (Å²) in [5.41, 5.74) is 1.18. The smallest absolute Gasteiger partial charge is 0.394 e. The number of nitrogens with zero attached hydrogens (tertiary/aromatic N) is 2. The lowest BCUT2D eigenvalue weighted by Crippen LogP contribution is -2.42. The quantitative estimate of drug-likeness (QED) is 0.867. The number of carbonyl (C=O) groups excluding carboxylic acids is 1. The highest BCUT2D eigenvalue weighted by atomic mass is 19.4. The largest absolute Gasteiger partial charge is 0.481 e. The number of alkyl halides is 3. The molecule has 2 aliphatic rings. The SMILES string of the molecule is O=C(O)[C@@H]1CN(C(=O)C2CCN(Cc3ccccc3)CC2)C[C@H]1C(F)(F)F. The molecule has 0 saturated carbocycles. The van der Waals surface area contributed by atoms with Gasteiger partial charge in [0.25, 0.3) is 0 Å². The van der Waals surface area contributed by atoms with Gasteiger partial charge in [-0.25, -0.2) is 0 Å². The van der Waals surface area contributed by atoms with E-state index in [1.807, 2.05) is 30.3 Å². The second kappa shape index (κ2) is 7.88. The van der Waals surface area contributed by atoms with Crippen molar-refractivity contribution in [3.63, 3.8) is 0 Å². The number of piperidine rings is 1. The van der Waals surface area contributed by atoms with Crippen molar-refractivity contribution in [2.24, 2.45) is 17.8 Å². The summed E-state index contributed by atoms with van der Waals surface area (Å²) in [7, 11) is 0. The van der Waals surface area contributed by atoms with Crippen molar-refractivity contribution in [2.75, 3.05) is 26.2 Å². The lowest BCUT2D eigenvalue weighted by Gasteiger charge is -2.33. The Morgan fingerprint density at radius 1 is 1.07 bits per heavy atom. The topological polar surface area (TPSA) is 60.9 Å². The predicted molar refractivity (Wildman–Crippen MR) is 91.7 cm³/mol. The van der Waals surface area contributed by atoms with Crippen LogP contribution in [0, 0.1) is 17.8 Å². The minimum atomic E-state index is -4.61. The number of carboxylic acid groups (broad SMARTS) is 1. The lowest BCUT2D eigenvalue weighted by molar-refractivity contribution is -0.188. The molecule has 3 rings (SSSR count). The van der Waals surface area contributed by atoms with Gasteiger partial charge in [0, 0.05) is 25.6 Å². The van der Waals surface area contributed by atoms with Gasteiger partial charge in [0.15, 0.2) is 0 Å². The maximum absolute atomic E-state index is 13.1. The molecule has 1 N–H and O–H groups in total. The van der Waals surface area contributed by atoms with Crippen LogP contribution in [0.1, 0.15) is 18.4 Å². The monoisotopic (exact) mass is 384 g/mol. The fourth-order valence-corrected chi connectivity index (χ4v) is 4.00. The van der Waals surface area contributed by atoms with E-state index in [0.29, 0.717) is 25.9 Å². The average Bonchev–Trinajstić information content (AvgIpc) is 3.09. The number of benzene rings is 1. The number of aliphatic carboxylic acids is 1. The van der Waals surface area contributed by atoms with Crippen LogP contribution < -0.4 is 0 Å². The van der Waals surface area contributed by atoms with Gasteiger partial charge < -0.3 is 10.0 Å². The third-order valence-electron chi connectivity index (χ3n) is 5.56. The summed E-state index contributed by atoms with van der Waals surface area (Å²) >= 11 is 0. The summed E-state index contributed by atoms with van der Waals surface area (Å²) in [5.74, 6) is -5.74. The Labute approximate surface area is 155 Å². The Bertz CT molecular complexity index is 673. The summed E-state index contributed by atoms with van der Waals surface area (Å²) < 4.78 is 39.3. The van der Waals surface area contributed by atoms with E-state index in [1.54, 1.807) is 0 Å². The number of carboxylic acids is 1. The molecule has 0 radical (unpaired) electrons. The van der Waals surface area contributed by atoms with E-state index in [4.69, 9.17) is 5.11 Å². The molecule has 2 fully saturated rings. The molecule has 8 heteroatoms. The first kappa shape index (κ1) is 19.7. The second-order valence-corrected chi connectivity index (χ2v) is 7.37. The molecule has 2 heterocycles. The number of hydrogen-bond donors (Lipinski definition) is 1. The van der Waals surface area contributed by atoms with Crippen LogP contribution in [0.2, 0.25) is 0 Å². The van der Waals surface area contributed by atoms with Crippen molar-refractivity contribution >= 4 is 11.9 Å². The van der Waals surface area contributed by atoms with Crippen molar-refractivity contribution in [3.05, 3.63) is 35.9 Å². The minimum absolute atomic E-state index is 0.335. The normalized spacial score (nSPS) is 24.9. The second-order valence-electron chi connectivity index (χ2n) is 7.37. The van der Waals surface area contributed by atoms with Crippen LogP contribution in [0.3, 0.4) is 0 Å². The number of carbonyl (C=O) groups is 2. The molecule has 2 aliphatic heterocycles. The van der Waals surface area contributed by atoms with E-state index in [0.717, 1.165) is 11.4 Å². The van der Waals surface area contributed by atoms with Crippen molar-refractivity contribution in [3.8, 4) is 0 Å². The number of amides is 1. The van der Waals surface area contributed by atoms with Crippen LogP contribution in [-0.4, -0.2) is 59.1 Å². The molecule has 0 spiro atoms. The molecule has 1 aromatic carbocycles. The fraction of sp³-hybridized carbons (Fsp3) is 0.579. The first-order chi connectivity index (χ1) is 12.8. The summed E-state index contributed by atoms with van der Waals surface area (Å²) in [5, 5.41) is 9.09. The van der Waals surface area contributed by atoms with Gasteiger partial charge in [-0.2, -0.15) is 13.2 Å². The van der Waals surface area contributed by atoms with Crippen LogP contribution in [-0.2, 0) is 16.1 Å². The van der Waals surface area contributed by atoms with Gasteiger partial charge >= 0.3 is 12.1 Å². The summed E-state index contributed by atoms with van der Waals surface area (Å²) in [6, 6.07) is 9.95. The molecule has 1 amide bonds. The van der Waals surface area contributed by atoms with Crippen molar-refractivity contribution < 1.29 is 27.9 Å². The number of halogens is 3. The Hall–Kier alpha value is -2.09. The van der Waals surface area contributed by atoms with Crippen molar-refractivity contribution in [1.82, 2.24) is 9.80 Å². The Morgan fingerprint density at radius 2 is 1.70 bits per heavy atom. The van der Waals surface area contributed by atoms with Crippen molar-refractivity contribution in [1.29, 1.82) is 0 Å². The molecule has 2 saturated heterocycles. The van der Waals surface area contributed by atoms with Crippen molar-refractivity contribution in [2.45, 2.75) is 25.6 Å². The zero-order valence-electron chi connectivity index (χ0n) is 14.9. The summed E-state index contributed by atoms with van der Waals surface area (Å²) in [6.07, 6.45) is -3.45. The zero-order valence-corrected chi connectivity index (χ0v) is 14.9. The zero-order chi connectivity index (χ0) is 19.6. The standard InChI is InChI=1S/C19H23F3N2O3/c20-19(21,22)16-12-24(11-15(16)18(26)27)17(25)14-6-8-23(9-7-14)10-13-4-2-1-3-5-13/h1-5,14-16H,6-12H2,(H,26,27)/t15-,16-/m1/s1. The third-order valence-corrected chi connectivity index (χ3v) is 5.56. The molecule has 0 unspecified atom stereocenters. The maximum atomic E-state index is 13.1. The maximum Gasteiger partial charge on any atom is 0.394 e. The van der Waals surface area contributed by atoms with Crippen LogP contribution in [0.25, 0.3) is 0 Å². The Balaban J connectivity index is 1.55. The highest BCUT2D eigenvalue weighted by Gasteiger charge is 2.54. The van der Waals surface area contributed by atoms with E-state index in [2.05, 4.69) is 4.90 Å². The van der Waals surface area contributed by atoms with E-state index >= 15 is 0 Å². The van der Waals surface area contributed by atoms with Gasteiger partial charge in [-0.05, 0) is 31.5 Å². The first-order valence-electron chi connectivity index (χ1n) is 9.10. The molecule has 0 aromatic heterocycles. The van der Waals surface area contributed by atoms with Gasteiger partial charge in [0.1, 0.15) is 0 Å². The predicted octanol–water partition coefficient (Wildman–Crippen LogP) is 2.62. The molecule has 27 heavy (non-hydrogen) atoms. The van der Waals surface area contributed by atoms with Crippen LogP contribution >= 0.6 is 0 Å². The van der Waals surface area contributed by atoms with Gasteiger partial charge in [-0.3, -0.25) is 14.5 Å². The Morgan fingerprint density at radius 3 is 2.22 bits per heavy atom. The molecule has 0 bridgehead atoms. The molecule has 148 valence electrons. The molecular weight excluding hydrogens is 361 g/mol. The number of hydrogen-bond acceptors (Lipinski definition) is 3. The summed E-state index contributed by atoms with van der Waals surface area (Å²) in [4.78, 5) is 27.2. The molecule has 0 aliphatic carbocycles. The van der Waals surface area contributed by atoms with E-state index in [9.17, 15) is 22.8 Å². The van der Waals surface area contributed by atoms with Gasteiger partial charge in [-0.15, -0.1) is 0 Å².